The van der Waals surface area contributed by atoms with Gasteiger partial charge in [-0.1, -0.05) is 29.0 Å². The van der Waals surface area contributed by atoms with Gasteiger partial charge in [0.05, 0.1) is 21.2 Å². The molecule has 1 amide bonds. The van der Waals surface area contributed by atoms with E-state index in [4.69, 9.17) is 11.6 Å². The Kier molecular flexibility index (Phi) is 5.15. The van der Waals surface area contributed by atoms with Crippen LogP contribution in [0.15, 0.2) is 24.3 Å². The van der Waals surface area contributed by atoms with Crippen molar-refractivity contribution in [1.29, 1.82) is 0 Å². The van der Waals surface area contributed by atoms with Crippen LogP contribution >= 0.6 is 22.9 Å². The number of hydrogen-bond donors (Lipinski definition) is 1. The van der Waals surface area contributed by atoms with Crippen molar-refractivity contribution in [3.63, 3.8) is 0 Å². The average Bonchev–Trinajstić information content (AvgIpc) is 2.97. The standard InChI is InChI=1S/C17H12ClF3N2O2S/c18-11-6-4-9(8-10(11)17(19,20)21)5-7-14(25)23-16-22-12-2-1-3-13(24)15(12)26-16/h4-8H,1-3H2,(H,22,23,25). The van der Waals surface area contributed by atoms with Crippen LogP contribution in [0.25, 0.3) is 6.08 Å². The highest BCUT2D eigenvalue weighted by molar-refractivity contribution is 7.17. The number of benzene rings is 1. The molecule has 1 N–H and O–H groups in total. The minimum atomic E-state index is -4.57. The van der Waals surface area contributed by atoms with Crippen LogP contribution in [0, 0.1) is 0 Å². The molecule has 1 aliphatic carbocycles. The van der Waals surface area contributed by atoms with E-state index in [-0.39, 0.29) is 11.3 Å². The number of nitrogens with zero attached hydrogens (tertiary/aromatic N) is 1. The number of aryl methyl sites for hydroxylation is 1. The highest BCUT2D eigenvalue weighted by atomic mass is 35.5. The largest absolute Gasteiger partial charge is 0.417 e. The Morgan fingerprint density at radius 2 is 2.08 bits per heavy atom. The van der Waals surface area contributed by atoms with Gasteiger partial charge in [0.2, 0.25) is 5.91 Å². The molecule has 0 aliphatic heterocycles. The smallest absolute Gasteiger partial charge is 0.298 e. The fourth-order valence-corrected chi connectivity index (χ4v) is 3.71. The number of carbonyl (C=O) groups excluding carboxylic acids is 2. The second-order valence-electron chi connectivity index (χ2n) is 5.63. The molecule has 0 saturated carbocycles. The maximum Gasteiger partial charge on any atom is 0.417 e. The number of anilines is 1. The van der Waals surface area contributed by atoms with E-state index in [9.17, 15) is 22.8 Å². The zero-order valence-electron chi connectivity index (χ0n) is 13.2. The first-order valence-corrected chi connectivity index (χ1v) is 8.82. The topological polar surface area (TPSA) is 59.1 Å². The number of Topliss-reactive ketones (excluding diaryl/α,β-unsaturated/α-hetero) is 1. The lowest BCUT2D eigenvalue weighted by Crippen LogP contribution is -2.08. The number of carbonyl (C=O) groups is 2. The van der Waals surface area contributed by atoms with E-state index in [1.54, 1.807) is 0 Å². The van der Waals surface area contributed by atoms with E-state index < -0.39 is 22.7 Å². The molecule has 0 radical (unpaired) electrons. The number of aromatic nitrogens is 1. The lowest BCUT2D eigenvalue weighted by Gasteiger charge is -2.09. The van der Waals surface area contributed by atoms with Gasteiger partial charge in [-0.3, -0.25) is 14.9 Å². The molecule has 2 aromatic rings. The van der Waals surface area contributed by atoms with Crippen LogP contribution in [0.4, 0.5) is 18.3 Å². The Hall–Kier alpha value is -2.19. The first-order chi connectivity index (χ1) is 12.2. The molecule has 1 heterocycles. The molecule has 0 bridgehead atoms. The number of fused-ring (bicyclic) bond motifs is 1. The highest BCUT2D eigenvalue weighted by Crippen LogP contribution is 2.35. The van der Waals surface area contributed by atoms with Crippen molar-refractivity contribution in [3.8, 4) is 0 Å². The summed E-state index contributed by atoms with van der Waals surface area (Å²) in [5.41, 5.74) is -0.101. The summed E-state index contributed by atoms with van der Waals surface area (Å²) in [7, 11) is 0. The van der Waals surface area contributed by atoms with Gasteiger partial charge in [-0.15, -0.1) is 0 Å². The van der Waals surface area contributed by atoms with Crippen LogP contribution in [-0.4, -0.2) is 16.7 Å². The number of nitrogens with one attached hydrogen (secondary N) is 1. The summed E-state index contributed by atoms with van der Waals surface area (Å²) >= 11 is 6.66. The van der Waals surface area contributed by atoms with Gasteiger partial charge < -0.3 is 0 Å². The number of hydrogen-bond acceptors (Lipinski definition) is 4. The number of ketones is 1. The van der Waals surface area contributed by atoms with Crippen LogP contribution in [0.1, 0.15) is 39.3 Å². The molecule has 1 aliphatic rings. The molecule has 4 nitrogen and oxygen atoms in total. The summed E-state index contributed by atoms with van der Waals surface area (Å²) in [4.78, 5) is 28.5. The first kappa shape index (κ1) is 18.6. The lowest BCUT2D eigenvalue weighted by atomic mass is 10.0. The van der Waals surface area contributed by atoms with Crippen LogP contribution < -0.4 is 5.32 Å². The van der Waals surface area contributed by atoms with Gasteiger partial charge >= 0.3 is 6.18 Å². The Labute approximate surface area is 155 Å². The van der Waals surface area contributed by atoms with Gasteiger partial charge in [0, 0.05) is 12.5 Å². The Bertz CT molecular complexity index is 906. The van der Waals surface area contributed by atoms with E-state index in [0.29, 0.717) is 28.5 Å². The van der Waals surface area contributed by atoms with Crippen LogP contribution in [0.2, 0.25) is 5.02 Å². The van der Waals surface area contributed by atoms with E-state index in [0.717, 1.165) is 36.0 Å². The minimum absolute atomic E-state index is 0.0145. The van der Waals surface area contributed by atoms with Crippen LogP contribution in [0.5, 0.6) is 0 Å². The number of halogens is 4. The molecule has 0 saturated heterocycles. The van der Waals surface area contributed by atoms with Gasteiger partial charge in [0.1, 0.15) is 0 Å². The van der Waals surface area contributed by atoms with E-state index in [1.165, 1.54) is 12.1 Å². The van der Waals surface area contributed by atoms with Crippen molar-refractivity contribution in [2.24, 2.45) is 0 Å². The van der Waals surface area contributed by atoms with Crippen molar-refractivity contribution < 1.29 is 22.8 Å². The Balaban J connectivity index is 1.72. The minimum Gasteiger partial charge on any atom is -0.298 e. The van der Waals surface area contributed by atoms with Gasteiger partial charge in [-0.2, -0.15) is 13.2 Å². The normalized spacial score (nSPS) is 14.5. The third kappa shape index (κ3) is 4.13. The molecule has 3 rings (SSSR count). The summed E-state index contributed by atoms with van der Waals surface area (Å²) in [6.45, 7) is 0. The van der Waals surface area contributed by atoms with Crippen molar-refractivity contribution in [2.45, 2.75) is 25.4 Å². The van der Waals surface area contributed by atoms with Gasteiger partial charge in [-0.25, -0.2) is 4.98 Å². The molecule has 1 aromatic heterocycles. The summed E-state index contributed by atoms with van der Waals surface area (Å²) < 4.78 is 38.5. The third-order valence-electron chi connectivity index (χ3n) is 3.72. The summed E-state index contributed by atoms with van der Waals surface area (Å²) in [6.07, 6.45) is -0.323. The molecular formula is C17H12ClF3N2O2S. The zero-order chi connectivity index (χ0) is 18.9. The summed E-state index contributed by atoms with van der Waals surface area (Å²) in [6, 6.07) is 3.37. The number of rotatable bonds is 3. The maximum atomic E-state index is 12.8. The molecule has 0 spiro atoms. The molecule has 26 heavy (non-hydrogen) atoms. The van der Waals surface area contributed by atoms with E-state index >= 15 is 0 Å². The Morgan fingerprint density at radius 1 is 1.31 bits per heavy atom. The second kappa shape index (κ2) is 7.20. The first-order valence-electron chi connectivity index (χ1n) is 7.63. The predicted octanol–water partition coefficient (Wildman–Crippen LogP) is 4.99. The number of thiazole rings is 1. The third-order valence-corrected chi connectivity index (χ3v) is 5.10. The second-order valence-corrected chi connectivity index (χ2v) is 7.04. The van der Waals surface area contributed by atoms with Gasteiger partial charge in [0.25, 0.3) is 0 Å². The molecule has 9 heteroatoms. The fraction of sp³-hybridized carbons (Fsp3) is 0.235. The fourth-order valence-electron chi connectivity index (χ4n) is 2.51. The van der Waals surface area contributed by atoms with Crippen LogP contribution in [0.3, 0.4) is 0 Å². The van der Waals surface area contributed by atoms with Crippen molar-refractivity contribution >= 4 is 45.8 Å². The Morgan fingerprint density at radius 3 is 2.77 bits per heavy atom. The quantitative estimate of drug-likeness (QED) is 0.739. The highest BCUT2D eigenvalue weighted by Gasteiger charge is 2.33. The van der Waals surface area contributed by atoms with E-state index in [1.807, 2.05) is 0 Å². The monoisotopic (exact) mass is 400 g/mol. The summed E-state index contributed by atoms with van der Waals surface area (Å²) in [5, 5.41) is 2.42. The molecule has 0 fully saturated rings. The molecule has 136 valence electrons. The van der Waals surface area contributed by atoms with Crippen molar-refractivity contribution in [1.82, 2.24) is 4.98 Å². The lowest BCUT2D eigenvalue weighted by molar-refractivity contribution is -0.137. The van der Waals surface area contributed by atoms with Gasteiger partial charge in [-0.05, 0) is 36.6 Å². The molecule has 1 aromatic carbocycles. The number of alkyl halides is 3. The molecule has 0 atom stereocenters. The molecular weight excluding hydrogens is 389 g/mol. The van der Waals surface area contributed by atoms with E-state index in [2.05, 4.69) is 10.3 Å². The molecule has 0 unspecified atom stereocenters. The average molecular weight is 401 g/mol. The van der Waals surface area contributed by atoms with Crippen LogP contribution in [-0.2, 0) is 17.4 Å². The SMILES string of the molecule is O=C(C=Cc1ccc(Cl)c(C(F)(F)F)c1)Nc1nc2c(s1)C(=O)CCC2. The maximum absolute atomic E-state index is 12.8. The van der Waals surface area contributed by atoms with Crippen molar-refractivity contribution in [2.75, 3.05) is 5.32 Å². The number of amides is 1. The van der Waals surface area contributed by atoms with Crippen molar-refractivity contribution in [3.05, 3.63) is 51.0 Å². The zero-order valence-corrected chi connectivity index (χ0v) is 14.8. The summed E-state index contributed by atoms with van der Waals surface area (Å²) in [5.74, 6) is -0.535. The predicted molar refractivity (Wildman–Crippen MR) is 93.5 cm³/mol. The van der Waals surface area contributed by atoms with Gasteiger partial charge in [0.15, 0.2) is 10.9 Å².